The summed E-state index contributed by atoms with van der Waals surface area (Å²) in [6.45, 7) is 0. The van der Waals surface area contributed by atoms with Gasteiger partial charge in [-0.1, -0.05) is 0 Å². The Morgan fingerprint density at radius 3 is 1.76 bits per heavy atom. The van der Waals surface area contributed by atoms with Crippen molar-refractivity contribution in [1.82, 2.24) is 0 Å². The van der Waals surface area contributed by atoms with E-state index in [0.29, 0.717) is 11.1 Å². The van der Waals surface area contributed by atoms with Gasteiger partial charge in [-0.05, 0) is 0 Å². The summed E-state index contributed by atoms with van der Waals surface area (Å²) in [4.78, 5) is 25.2. The maximum absolute atomic E-state index is 12.6. The Kier molecular flexibility index (Phi) is 4.73. The van der Waals surface area contributed by atoms with E-state index < -0.39 is 11.6 Å². The number of phenols is 2. The van der Waals surface area contributed by atoms with Crippen LogP contribution in [0.5, 0.6) is 11.5 Å². The van der Waals surface area contributed by atoms with E-state index in [9.17, 15) is 19.8 Å². The van der Waals surface area contributed by atoms with Crippen molar-refractivity contribution in [3.63, 3.8) is 0 Å². The first-order valence-corrected chi connectivity index (χ1v) is 8.42. The molecule has 0 atom stereocenters. The molecule has 0 fully saturated rings. The van der Waals surface area contributed by atoms with Crippen molar-refractivity contribution < 1.29 is 19.8 Å². The van der Waals surface area contributed by atoms with Gasteiger partial charge in [0.1, 0.15) is 0 Å². The van der Waals surface area contributed by atoms with E-state index in [-0.39, 0.29) is 27.0 Å². The number of carbonyl (C=O) groups excluding carboxylic acids is 2. The van der Waals surface area contributed by atoms with Gasteiger partial charge in [-0.3, -0.25) is 0 Å². The summed E-state index contributed by atoms with van der Waals surface area (Å²) in [6.07, 6.45) is 0. The van der Waals surface area contributed by atoms with Gasteiger partial charge in [-0.15, -0.1) is 0 Å². The molecular formula is C20H13AsO4. The molecule has 0 aliphatic rings. The molecule has 25 heavy (non-hydrogen) atoms. The van der Waals surface area contributed by atoms with Gasteiger partial charge < -0.3 is 0 Å². The number of aromatic hydroxyl groups is 2. The molecule has 0 amide bonds. The van der Waals surface area contributed by atoms with Crippen molar-refractivity contribution in [2.24, 2.45) is 0 Å². The molecule has 3 aromatic carbocycles. The number of phenolic OH excluding ortho intramolecular Hbond substituents is 2. The zero-order chi connectivity index (χ0) is 18.0. The van der Waals surface area contributed by atoms with Crippen molar-refractivity contribution in [3.05, 3.63) is 89.0 Å². The number of hydrogen-bond donors (Lipinski definition) is 2. The van der Waals surface area contributed by atoms with Gasteiger partial charge in [-0.25, -0.2) is 0 Å². The summed E-state index contributed by atoms with van der Waals surface area (Å²) >= 11 is 2.05. The van der Waals surface area contributed by atoms with E-state index in [1.807, 2.05) is 0 Å². The van der Waals surface area contributed by atoms with Crippen LogP contribution in [0.4, 0.5) is 0 Å². The van der Waals surface area contributed by atoms with Crippen molar-refractivity contribution >= 4 is 32.8 Å². The molecule has 3 aromatic rings. The van der Waals surface area contributed by atoms with Crippen molar-refractivity contribution in [2.75, 3.05) is 0 Å². The number of benzene rings is 3. The van der Waals surface area contributed by atoms with E-state index in [2.05, 4.69) is 16.9 Å². The summed E-state index contributed by atoms with van der Waals surface area (Å²) in [5.74, 6) is -1.53. The minimum atomic E-state index is -0.431. The van der Waals surface area contributed by atoms with Gasteiger partial charge in [0.25, 0.3) is 0 Å². The second kappa shape index (κ2) is 6.96. The van der Waals surface area contributed by atoms with Crippen LogP contribution in [0.2, 0.25) is 0 Å². The standard InChI is InChI=1S/C20H13AsO4/c21-17-16(19(24)13-9-5-2-6-10-13)15(22)11-14(20(17)25)18(23)12-7-3-1-4-8-12/h1-11,22,25H. The van der Waals surface area contributed by atoms with Crippen LogP contribution in [0.25, 0.3) is 0 Å². The molecule has 2 N–H and O–H groups in total. The molecule has 0 saturated carbocycles. The first-order chi connectivity index (χ1) is 12.0. The van der Waals surface area contributed by atoms with Crippen molar-refractivity contribution in [1.29, 1.82) is 0 Å². The fourth-order valence-corrected chi connectivity index (χ4v) is 3.23. The van der Waals surface area contributed by atoms with Gasteiger partial charge in [0, 0.05) is 0 Å². The summed E-state index contributed by atoms with van der Waals surface area (Å²) in [5, 5.41) is 20.8. The monoisotopic (exact) mass is 392 g/mol. The van der Waals surface area contributed by atoms with Gasteiger partial charge in [0.2, 0.25) is 0 Å². The molecular weight excluding hydrogens is 379 g/mol. The Morgan fingerprint density at radius 1 is 0.760 bits per heavy atom. The van der Waals surface area contributed by atoms with Gasteiger partial charge in [0.05, 0.1) is 0 Å². The molecule has 0 spiro atoms. The molecule has 5 heteroatoms. The van der Waals surface area contributed by atoms with Gasteiger partial charge >= 0.3 is 153 Å². The Labute approximate surface area is 153 Å². The van der Waals surface area contributed by atoms with Crippen LogP contribution in [0.3, 0.4) is 0 Å². The average molecular weight is 392 g/mol. The van der Waals surface area contributed by atoms with Crippen LogP contribution in [0.15, 0.2) is 66.7 Å². The summed E-state index contributed by atoms with van der Waals surface area (Å²) in [6, 6.07) is 18.0. The molecule has 0 saturated heterocycles. The predicted molar refractivity (Wildman–Crippen MR) is 94.9 cm³/mol. The van der Waals surface area contributed by atoms with Crippen LogP contribution in [-0.2, 0) is 0 Å². The van der Waals surface area contributed by atoms with Crippen molar-refractivity contribution in [3.8, 4) is 11.5 Å². The SMILES string of the molecule is O=C(c1ccccc1)c1cc(O)c(C(=O)c2ccccc2)c([As])c1O. The number of ketones is 2. The molecule has 4 nitrogen and oxygen atoms in total. The average Bonchev–Trinajstić information content (AvgIpc) is 2.65. The zero-order valence-electron chi connectivity index (χ0n) is 13.0. The third-order valence-corrected chi connectivity index (χ3v) is 4.71. The number of rotatable bonds is 4. The van der Waals surface area contributed by atoms with E-state index in [1.54, 1.807) is 60.7 Å². The third-order valence-electron chi connectivity index (χ3n) is 3.80. The molecule has 122 valence electrons. The molecule has 0 bridgehead atoms. The van der Waals surface area contributed by atoms with Crippen LogP contribution >= 0.6 is 0 Å². The third kappa shape index (κ3) is 3.21. The Balaban J connectivity index is 2.09. The van der Waals surface area contributed by atoms with Gasteiger partial charge in [0.15, 0.2) is 0 Å². The second-order valence-corrected chi connectivity index (χ2v) is 6.34. The van der Waals surface area contributed by atoms with Crippen molar-refractivity contribution in [2.45, 2.75) is 0 Å². The fourth-order valence-electron chi connectivity index (χ4n) is 2.52. The molecule has 0 aliphatic carbocycles. The van der Waals surface area contributed by atoms with Crippen LogP contribution < -0.4 is 4.35 Å². The summed E-state index contributed by atoms with van der Waals surface area (Å²) < 4.78 is 0.112. The second-order valence-electron chi connectivity index (χ2n) is 5.41. The normalized spacial score (nSPS) is 10.4. The Hall–Kier alpha value is -2.84. The Morgan fingerprint density at radius 2 is 1.24 bits per heavy atom. The van der Waals surface area contributed by atoms with E-state index in [1.165, 1.54) is 0 Å². The molecule has 0 heterocycles. The molecule has 3 rings (SSSR count). The maximum atomic E-state index is 12.6. The van der Waals surface area contributed by atoms with E-state index in [0.717, 1.165) is 6.07 Å². The number of hydrogen-bond acceptors (Lipinski definition) is 4. The zero-order valence-corrected chi connectivity index (χ0v) is 14.9. The first kappa shape index (κ1) is 17.0. The molecule has 2 radical (unpaired) electrons. The van der Waals surface area contributed by atoms with Gasteiger partial charge in [-0.2, -0.15) is 0 Å². The summed E-state index contributed by atoms with van der Waals surface area (Å²) in [5.41, 5.74) is 0.676. The predicted octanol–water partition coefficient (Wildman–Crippen LogP) is 2.35. The first-order valence-electron chi connectivity index (χ1n) is 7.48. The topological polar surface area (TPSA) is 74.6 Å². The van der Waals surface area contributed by atoms with Crippen LogP contribution in [-0.4, -0.2) is 38.6 Å². The van der Waals surface area contributed by atoms with E-state index >= 15 is 0 Å². The molecule has 0 aliphatic heterocycles. The van der Waals surface area contributed by atoms with Crippen LogP contribution in [0, 0.1) is 0 Å². The quantitative estimate of drug-likeness (QED) is 0.406. The molecule has 0 unspecified atom stereocenters. The van der Waals surface area contributed by atoms with Crippen LogP contribution in [0.1, 0.15) is 31.8 Å². The Bertz CT molecular complexity index is 950. The minimum absolute atomic E-state index is 0.0340. The fraction of sp³-hybridized carbons (Fsp3) is 0. The number of carbonyl (C=O) groups is 2. The summed E-state index contributed by atoms with van der Waals surface area (Å²) in [7, 11) is 0. The van der Waals surface area contributed by atoms with E-state index in [4.69, 9.17) is 0 Å². The molecule has 0 aromatic heterocycles.